The second kappa shape index (κ2) is 7.12. The van der Waals surface area contributed by atoms with Gasteiger partial charge in [0, 0.05) is 17.1 Å². The molecule has 0 atom stereocenters. The highest BCUT2D eigenvalue weighted by molar-refractivity contribution is 7.99. The summed E-state index contributed by atoms with van der Waals surface area (Å²) in [6.45, 7) is 1.16. The van der Waals surface area contributed by atoms with Crippen LogP contribution in [-0.2, 0) is 11.3 Å². The van der Waals surface area contributed by atoms with Gasteiger partial charge in [-0.1, -0.05) is 11.8 Å². The number of carbonyl (C=O) groups is 1. The molecule has 0 aliphatic rings. The molecule has 5 nitrogen and oxygen atoms in total. The lowest BCUT2D eigenvalue weighted by Gasteiger charge is -2.07. The standard InChI is InChI=1S/C14H13F4N3O2S/c1-8-11(24-10-4-2-9(15)3-5-10)12(22)21(20-8)7-6-19-13(23)14(16,17)18/h2-5,20H,6-7H2,1H3,(H,19,23). The van der Waals surface area contributed by atoms with Crippen LogP contribution < -0.4 is 10.9 Å². The first-order chi connectivity index (χ1) is 11.2. The third-order valence-electron chi connectivity index (χ3n) is 2.99. The number of aryl methyl sites for hydroxylation is 1. The molecule has 1 aromatic carbocycles. The van der Waals surface area contributed by atoms with Crippen LogP contribution in [-0.4, -0.2) is 28.4 Å². The zero-order valence-electron chi connectivity index (χ0n) is 12.4. The van der Waals surface area contributed by atoms with Crippen molar-refractivity contribution in [2.24, 2.45) is 0 Å². The molecule has 0 fully saturated rings. The van der Waals surface area contributed by atoms with E-state index in [4.69, 9.17) is 0 Å². The Kier molecular flexibility index (Phi) is 5.37. The Bertz CT molecular complexity index is 781. The van der Waals surface area contributed by atoms with Crippen molar-refractivity contribution < 1.29 is 22.4 Å². The van der Waals surface area contributed by atoms with Crippen LogP contribution in [0.3, 0.4) is 0 Å². The van der Waals surface area contributed by atoms with Gasteiger partial charge in [-0.2, -0.15) is 13.2 Å². The molecule has 1 amide bonds. The zero-order valence-corrected chi connectivity index (χ0v) is 13.2. The molecule has 1 heterocycles. The molecule has 1 aromatic heterocycles. The van der Waals surface area contributed by atoms with Crippen LogP contribution in [0.5, 0.6) is 0 Å². The van der Waals surface area contributed by atoms with E-state index in [2.05, 4.69) is 5.10 Å². The van der Waals surface area contributed by atoms with E-state index in [0.29, 0.717) is 15.5 Å². The third kappa shape index (κ3) is 4.40. The number of rotatable bonds is 5. The maximum absolute atomic E-state index is 12.9. The molecule has 10 heteroatoms. The number of hydrogen-bond donors (Lipinski definition) is 2. The van der Waals surface area contributed by atoms with Crippen molar-refractivity contribution in [3.8, 4) is 0 Å². The minimum Gasteiger partial charge on any atom is -0.346 e. The summed E-state index contributed by atoms with van der Waals surface area (Å²) in [6.07, 6.45) is -4.96. The number of alkyl halides is 3. The van der Waals surface area contributed by atoms with Crippen LogP contribution in [0.25, 0.3) is 0 Å². The summed E-state index contributed by atoms with van der Waals surface area (Å²) in [4.78, 5) is 23.9. The summed E-state index contributed by atoms with van der Waals surface area (Å²) in [5, 5.41) is 4.42. The first-order valence-corrected chi connectivity index (χ1v) is 7.58. The van der Waals surface area contributed by atoms with Crippen LogP contribution in [0.2, 0.25) is 0 Å². The molecular formula is C14H13F4N3O2S. The van der Waals surface area contributed by atoms with Crippen molar-refractivity contribution in [2.45, 2.75) is 29.4 Å². The molecule has 24 heavy (non-hydrogen) atoms. The van der Waals surface area contributed by atoms with Gasteiger partial charge in [0.15, 0.2) is 0 Å². The number of aromatic amines is 1. The molecular weight excluding hydrogens is 350 g/mol. The second-order valence-corrected chi connectivity index (χ2v) is 5.92. The van der Waals surface area contributed by atoms with Crippen molar-refractivity contribution >= 4 is 17.7 Å². The summed E-state index contributed by atoms with van der Waals surface area (Å²) in [5.41, 5.74) is 0.0968. The van der Waals surface area contributed by atoms with E-state index in [1.807, 2.05) is 0 Å². The Morgan fingerprint density at radius 1 is 1.29 bits per heavy atom. The average Bonchev–Trinajstić information content (AvgIpc) is 2.76. The molecule has 2 aromatic rings. The molecule has 0 bridgehead atoms. The summed E-state index contributed by atoms with van der Waals surface area (Å²) >= 11 is 1.12. The molecule has 0 aliphatic heterocycles. The lowest BCUT2D eigenvalue weighted by Crippen LogP contribution is -2.39. The fourth-order valence-electron chi connectivity index (χ4n) is 1.87. The fourth-order valence-corrected chi connectivity index (χ4v) is 2.77. The maximum Gasteiger partial charge on any atom is 0.471 e. The van der Waals surface area contributed by atoms with Crippen molar-refractivity contribution in [3.63, 3.8) is 0 Å². The first kappa shape index (κ1) is 18.1. The number of nitrogens with zero attached hydrogens (tertiary/aromatic N) is 1. The molecule has 0 saturated carbocycles. The molecule has 2 rings (SSSR count). The normalized spacial score (nSPS) is 11.5. The highest BCUT2D eigenvalue weighted by atomic mass is 32.2. The number of nitrogens with one attached hydrogen (secondary N) is 2. The topological polar surface area (TPSA) is 66.9 Å². The van der Waals surface area contributed by atoms with Crippen LogP contribution in [0.4, 0.5) is 17.6 Å². The Labute approximate surface area is 138 Å². The van der Waals surface area contributed by atoms with E-state index >= 15 is 0 Å². The SMILES string of the molecule is Cc1[nH]n(CCNC(=O)C(F)(F)F)c(=O)c1Sc1ccc(F)cc1. The first-order valence-electron chi connectivity index (χ1n) is 6.76. The van der Waals surface area contributed by atoms with E-state index in [-0.39, 0.29) is 13.1 Å². The van der Waals surface area contributed by atoms with E-state index in [9.17, 15) is 27.2 Å². The molecule has 0 aliphatic carbocycles. The molecule has 0 saturated heterocycles. The third-order valence-corrected chi connectivity index (χ3v) is 4.19. The lowest BCUT2D eigenvalue weighted by molar-refractivity contribution is -0.173. The number of benzene rings is 1. The fraction of sp³-hybridized carbons (Fsp3) is 0.286. The van der Waals surface area contributed by atoms with Crippen molar-refractivity contribution in [1.29, 1.82) is 0 Å². The molecule has 0 unspecified atom stereocenters. The van der Waals surface area contributed by atoms with Crippen LogP contribution in [0.1, 0.15) is 5.69 Å². The molecule has 0 radical (unpaired) electrons. The Morgan fingerprint density at radius 3 is 2.50 bits per heavy atom. The van der Waals surface area contributed by atoms with Crippen molar-refractivity contribution in [3.05, 3.63) is 46.1 Å². The average molecular weight is 363 g/mol. The largest absolute Gasteiger partial charge is 0.471 e. The van der Waals surface area contributed by atoms with Gasteiger partial charge in [0.25, 0.3) is 5.56 Å². The van der Waals surface area contributed by atoms with Gasteiger partial charge < -0.3 is 5.32 Å². The van der Waals surface area contributed by atoms with Crippen molar-refractivity contribution in [2.75, 3.05) is 6.54 Å². The van der Waals surface area contributed by atoms with Crippen LogP contribution in [0, 0.1) is 12.7 Å². The highest BCUT2D eigenvalue weighted by Gasteiger charge is 2.38. The predicted octanol–water partition coefficient (Wildman–Crippen LogP) is 2.45. The van der Waals surface area contributed by atoms with Gasteiger partial charge in [0.2, 0.25) is 0 Å². The minimum atomic E-state index is -4.96. The Balaban J connectivity index is 2.05. The number of halogens is 4. The van der Waals surface area contributed by atoms with E-state index in [1.54, 1.807) is 12.2 Å². The van der Waals surface area contributed by atoms with Gasteiger partial charge in [0.1, 0.15) is 5.82 Å². The van der Waals surface area contributed by atoms with Crippen LogP contribution in [0.15, 0.2) is 38.9 Å². The number of amides is 1. The number of H-pyrrole nitrogens is 1. The smallest absolute Gasteiger partial charge is 0.346 e. The molecule has 2 N–H and O–H groups in total. The number of carbonyl (C=O) groups excluding carboxylic acids is 1. The predicted molar refractivity (Wildman–Crippen MR) is 79.4 cm³/mol. The second-order valence-electron chi connectivity index (χ2n) is 4.83. The van der Waals surface area contributed by atoms with Gasteiger partial charge in [0.05, 0.1) is 11.4 Å². The van der Waals surface area contributed by atoms with E-state index < -0.39 is 23.5 Å². The zero-order chi connectivity index (χ0) is 17.9. The number of aromatic nitrogens is 2. The molecule has 0 spiro atoms. The summed E-state index contributed by atoms with van der Waals surface area (Å²) in [5.74, 6) is -2.46. The van der Waals surface area contributed by atoms with Gasteiger partial charge in [-0.3, -0.25) is 19.4 Å². The van der Waals surface area contributed by atoms with Gasteiger partial charge in [-0.25, -0.2) is 4.39 Å². The van der Waals surface area contributed by atoms with E-state index in [1.165, 1.54) is 24.3 Å². The lowest BCUT2D eigenvalue weighted by atomic mass is 10.4. The van der Waals surface area contributed by atoms with Gasteiger partial charge in [-0.05, 0) is 31.2 Å². The van der Waals surface area contributed by atoms with Gasteiger partial charge >= 0.3 is 12.1 Å². The maximum atomic E-state index is 12.9. The highest BCUT2D eigenvalue weighted by Crippen LogP contribution is 2.27. The quantitative estimate of drug-likeness (QED) is 0.802. The Hall–Kier alpha value is -2.23. The van der Waals surface area contributed by atoms with Gasteiger partial charge in [-0.15, -0.1) is 0 Å². The van der Waals surface area contributed by atoms with Crippen molar-refractivity contribution in [1.82, 2.24) is 15.1 Å². The number of hydrogen-bond acceptors (Lipinski definition) is 3. The summed E-state index contributed by atoms with van der Waals surface area (Å²) in [7, 11) is 0. The summed E-state index contributed by atoms with van der Waals surface area (Å²) in [6, 6.07) is 5.55. The summed E-state index contributed by atoms with van der Waals surface area (Å²) < 4.78 is 50.2. The van der Waals surface area contributed by atoms with E-state index in [0.717, 1.165) is 16.4 Å². The minimum absolute atomic E-state index is 0.133. The van der Waals surface area contributed by atoms with Crippen LogP contribution >= 0.6 is 11.8 Å². The Morgan fingerprint density at radius 2 is 1.92 bits per heavy atom. The monoisotopic (exact) mass is 363 g/mol. The molecule has 130 valence electrons.